The van der Waals surface area contributed by atoms with Crippen molar-refractivity contribution < 1.29 is 19.1 Å². The lowest BCUT2D eigenvalue weighted by Crippen LogP contribution is -2.36. The van der Waals surface area contributed by atoms with Gasteiger partial charge in [-0.15, -0.1) is 0 Å². The van der Waals surface area contributed by atoms with Gasteiger partial charge in [0.15, 0.2) is 0 Å². The molecule has 5 nitrogen and oxygen atoms in total. The molecule has 1 amide bonds. The number of rotatable bonds is 8. The molecule has 2 rings (SSSR count). The van der Waals surface area contributed by atoms with Crippen LogP contribution >= 0.6 is 0 Å². The summed E-state index contributed by atoms with van der Waals surface area (Å²) in [7, 11) is 1.61. The first-order chi connectivity index (χ1) is 10.6. The van der Waals surface area contributed by atoms with Crippen LogP contribution in [-0.2, 0) is 20.7 Å². The zero-order valence-electron chi connectivity index (χ0n) is 13.2. The van der Waals surface area contributed by atoms with Gasteiger partial charge in [-0.3, -0.25) is 9.59 Å². The maximum atomic E-state index is 12.5. The van der Waals surface area contributed by atoms with Crippen molar-refractivity contribution in [3.05, 3.63) is 29.8 Å². The lowest BCUT2D eigenvalue weighted by molar-refractivity contribution is -0.144. The maximum Gasteiger partial charge on any atom is 0.307 e. The number of esters is 1. The van der Waals surface area contributed by atoms with Crippen LogP contribution in [0.2, 0.25) is 0 Å². The number of benzene rings is 1. The van der Waals surface area contributed by atoms with E-state index in [0.717, 1.165) is 24.2 Å². The van der Waals surface area contributed by atoms with Crippen LogP contribution in [0.5, 0.6) is 5.75 Å². The van der Waals surface area contributed by atoms with E-state index in [0.29, 0.717) is 19.6 Å². The van der Waals surface area contributed by atoms with E-state index >= 15 is 0 Å². The second kappa shape index (κ2) is 7.82. The summed E-state index contributed by atoms with van der Waals surface area (Å²) in [5, 5.41) is 0. The van der Waals surface area contributed by atoms with Crippen molar-refractivity contribution in [3.63, 3.8) is 0 Å². The molecule has 120 valence electrons. The van der Waals surface area contributed by atoms with Gasteiger partial charge in [-0.25, -0.2) is 0 Å². The van der Waals surface area contributed by atoms with E-state index in [1.165, 1.54) is 0 Å². The van der Waals surface area contributed by atoms with E-state index in [2.05, 4.69) is 0 Å². The summed E-state index contributed by atoms with van der Waals surface area (Å²) in [6.45, 7) is 2.59. The first-order valence-electron chi connectivity index (χ1n) is 7.72. The van der Waals surface area contributed by atoms with Crippen LogP contribution in [-0.4, -0.2) is 43.1 Å². The van der Waals surface area contributed by atoms with Gasteiger partial charge in [0, 0.05) is 12.6 Å². The molecule has 0 radical (unpaired) electrons. The van der Waals surface area contributed by atoms with Crippen LogP contribution in [0.3, 0.4) is 0 Å². The van der Waals surface area contributed by atoms with E-state index in [4.69, 9.17) is 9.47 Å². The molecule has 0 saturated heterocycles. The van der Waals surface area contributed by atoms with Gasteiger partial charge >= 0.3 is 5.97 Å². The summed E-state index contributed by atoms with van der Waals surface area (Å²) in [5.41, 5.74) is 0.922. The van der Waals surface area contributed by atoms with Crippen molar-refractivity contribution in [1.29, 1.82) is 0 Å². The highest BCUT2D eigenvalue weighted by molar-refractivity contribution is 5.80. The molecule has 0 spiro atoms. The number of hydrogen-bond donors (Lipinski definition) is 0. The molecule has 1 aliphatic rings. The Balaban J connectivity index is 1.93. The summed E-state index contributed by atoms with van der Waals surface area (Å²) >= 11 is 0. The third-order valence-corrected chi connectivity index (χ3v) is 3.66. The Morgan fingerprint density at radius 2 is 2.09 bits per heavy atom. The van der Waals surface area contributed by atoms with Gasteiger partial charge < -0.3 is 14.4 Å². The highest BCUT2D eigenvalue weighted by Crippen LogP contribution is 2.28. The average molecular weight is 305 g/mol. The predicted octanol–water partition coefficient (Wildman–Crippen LogP) is 2.18. The Morgan fingerprint density at radius 3 is 2.73 bits per heavy atom. The first kappa shape index (κ1) is 16.3. The summed E-state index contributed by atoms with van der Waals surface area (Å²) < 4.78 is 10.1. The normalized spacial score (nSPS) is 13.5. The highest BCUT2D eigenvalue weighted by Gasteiger charge is 2.32. The number of ether oxygens (including phenoxy) is 2. The van der Waals surface area contributed by atoms with Gasteiger partial charge in [-0.1, -0.05) is 12.1 Å². The summed E-state index contributed by atoms with van der Waals surface area (Å²) in [5.74, 6) is 0.553. The molecule has 1 aromatic carbocycles. The Bertz CT molecular complexity index is 525. The van der Waals surface area contributed by atoms with Gasteiger partial charge in [-0.2, -0.15) is 0 Å². The molecule has 0 bridgehead atoms. The minimum atomic E-state index is -0.248. The molecular weight excluding hydrogens is 282 g/mol. The molecule has 1 aromatic rings. The van der Waals surface area contributed by atoms with E-state index in [9.17, 15) is 9.59 Å². The molecule has 0 aliphatic heterocycles. The zero-order chi connectivity index (χ0) is 15.9. The minimum Gasteiger partial charge on any atom is -0.497 e. The number of amides is 1. The topological polar surface area (TPSA) is 55.8 Å². The monoisotopic (exact) mass is 305 g/mol. The molecule has 1 saturated carbocycles. The van der Waals surface area contributed by atoms with Crippen molar-refractivity contribution in [2.24, 2.45) is 0 Å². The molecule has 5 heteroatoms. The second-order valence-electron chi connectivity index (χ2n) is 5.40. The van der Waals surface area contributed by atoms with E-state index in [1.807, 2.05) is 29.2 Å². The van der Waals surface area contributed by atoms with E-state index in [-0.39, 0.29) is 24.3 Å². The predicted molar refractivity (Wildman–Crippen MR) is 82.7 cm³/mol. The highest BCUT2D eigenvalue weighted by atomic mass is 16.5. The fraction of sp³-hybridized carbons (Fsp3) is 0.529. The molecule has 0 unspecified atom stereocenters. The zero-order valence-corrected chi connectivity index (χ0v) is 13.2. The number of nitrogens with zero attached hydrogens (tertiary/aromatic N) is 1. The van der Waals surface area contributed by atoms with Crippen molar-refractivity contribution in [1.82, 2.24) is 4.90 Å². The van der Waals surface area contributed by atoms with Gasteiger partial charge in [0.25, 0.3) is 0 Å². The number of hydrogen-bond acceptors (Lipinski definition) is 4. The Morgan fingerprint density at radius 1 is 1.32 bits per heavy atom. The maximum absolute atomic E-state index is 12.5. The van der Waals surface area contributed by atoms with Crippen molar-refractivity contribution in [3.8, 4) is 5.75 Å². The average Bonchev–Trinajstić information content (AvgIpc) is 3.32. The van der Waals surface area contributed by atoms with Gasteiger partial charge in [-0.05, 0) is 37.5 Å². The number of carbonyl (C=O) groups excluding carboxylic acids is 2. The quantitative estimate of drug-likeness (QED) is 0.691. The third-order valence-electron chi connectivity index (χ3n) is 3.66. The molecule has 0 aromatic heterocycles. The van der Waals surface area contributed by atoms with Crippen LogP contribution in [0.25, 0.3) is 0 Å². The Hall–Kier alpha value is -2.04. The third kappa shape index (κ3) is 4.76. The van der Waals surface area contributed by atoms with E-state index < -0.39 is 0 Å². The largest absolute Gasteiger partial charge is 0.497 e. The molecule has 1 fully saturated rings. The Kier molecular flexibility index (Phi) is 5.81. The fourth-order valence-electron chi connectivity index (χ4n) is 2.40. The lowest BCUT2D eigenvalue weighted by atomic mass is 10.1. The van der Waals surface area contributed by atoms with E-state index in [1.54, 1.807) is 14.0 Å². The van der Waals surface area contributed by atoms with Gasteiger partial charge in [0.05, 0.1) is 26.6 Å². The van der Waals surface area contributed by atoms with Gasteiger partial charge in [0.2, 0.25) is 5.91 Å². The Labute approximate surface area is 131 Å². The molecular formula is C17H23NO4. The van der Waals surface area contributed by atoms with Crippen molar-refractivity contribution in [2.75, 3.05) is 20.3 Å². The summed E-state index contributed by atoms with van der Waals surface area (Å²) in [4.78, 5) is 25.8. The first-order valence-corrected chi connectivity index (χ1v) is 7.72. The molecule has 0 atom stereocenters. The molecule has 0 heterocycles. The van der Waals surface area contributed by atoms with Crippen molar-refractivity contribution in [2.45, 2.75) is 38.6 Å². The molecule has 0 N–H and O–H groups in total. The smallest absolute Gasteiger partial charge is 0.307 e. The van der Waals surface area contributed by atoms with Crippen LogP contribution in [0.15, 0.2) is 24.3 Å². The van der Waals surface area contributed by atoms with Crippen LogP contribution in [0, 0.1) is 0 Å². The lowest BCUT2D eigenvalue weighted by Gasteiger charge is -2.22. The van der Waals surface area contributed by atoms with Gasteiger partial charge in [0.1, 0.15) is 5.75 Å². The standard InChI is InChI=1S/C17H23NO4/c1-3-22-17(20)9-10-18(14-7-8-14)16(19)12-13-5-4-6-15(11-13)21-2/h4-6,11,14H,3,7-10,12H2,1-2H3. The van der Waals surface area contributed by atoms with Crippen LogP contribution in [0.4, 0.5) is 0 Å². The number of carbonyl (C=O) groups is 2. The molecule has 22 heavy (non-hydrogen) atoms. The summed E-state index contributed by atoms with van der Waals surface area (Å²) in [6, 6.07) is 7.80. The molecule has 1 aliphatic carbocycles. The SMILES string of the molecule is CCOC(=O)CCN(C(=O)Cc1cccc(OC)c1)C1CC1. The fourth-order valence-corrected chi connectivity index (χ4v) is 2.40. The second-order valence-corrected chi connectivity index (χ2v) is 5.40. The number of methoxy groups -OCH3 is 1. The van der Waals surface area contributed by atoms with Crippen LogP contribution in [0.1, 0.15) is 31.7 Å². The van der Waals surface area contributed by atoms with Crippen molar-refractivity contribution >= 4 is 11.9 Å². The van der Waals surface area contributed by atoms with Crippen LogP contribution < -0.4 is 4.74 Å². The summed E-state index contributed by atoms with van der Waals surface area (Å²) in [6.07, 6.45) is 2.63. The minimum absolute atomic E-state index is 0.0556.